The Morgan fingerprint density at radius 2 is 1.86 bits per heavy atom. The Bertz CT molecular complexity index is 764. The van der Waals surface area contributed by atoms with Crippen LogP contribution in [0.3, 0.4) is 0 Å². The molecule has 1 aromatic carbocycles. The highest BCUT2D eigenvalue weighted by molar-refractivity contribution is 5.87. The summed E-state index contributed by atoms with van der Waals surface area (Å²) in [5.41, 5.74) is 0.597. The molecule has 22 heavy (non-hydrogen) atoms. The average molecular weight is 303 g/mol. The molecular formula is C16H17NO5. The Labute approximate surface area is 127 Å². The summed E-state index contributed by atoms with van der Waals surface area (Å²) >= 11 is 0. The van der Waals surface area contributed by atoms with Crippen LogP contribution in [0.25, 0.3) is 11.3 Å². The lowest BCUT2D eigenvalue weighted by atomic mass is 10.1. The maximum absolute atomic E-state index is 12.0. The summed E-state index contributed by atoms with van der Waals surface area (Å²) in [6, 6.07) is 6.61. The summed E-state index contributed by atoms with van der Waals surface area (Å²) in [5.74, 6) is -0.109. The fraction of sp³-hybridized carbons (Fsp3) is 0.250. The van der Waals surface area contributed by atoms with Crippen molar-refractivity contribution in [2.75, 3.05) is 14.2 Å². The number of hydrogen-bond acceptors (Lipinski definition) is 4. The summed E-state index contributed by atoms with van der Waals surface area (Å²) in [5, 5.41) is 9.05. The molecule has 1 N–H and O–H groups in total. The van der Waals surface area contributed by atoms with Crippen molar-refractivity contribution >= 4 is 5.97 Å². The summed E-state index contributed by atoms with van der Waals surface area (Å²) < 4.78 is 12.2. The van der Waals surface area contributed by atoms with Gasteiger partial charge >= 0.3 is 5.97 Å². The first-order valence-corrected chi connectivity index (χ1v) is 6.72. The summed E-state index contributed by atoms with van der Waals surface area (Å²) in [4.78, 5) is 23.0. The quantitative estimate of drug-likeness (QED) is 0.916. The lowest BCUT2D eigenvalue weighted by Gasteiger charge is -2.14. The summed E-state index contributed by atoms with van der Waals surface area (Å²) in [6.07, 6.45) is 1.36. The van der Waals surface area contributed by atoms with Crippen molar-refractivity contribution in [3.63, 3.8) is 0 Å². The maximum atomic E-state index is 12.0. The van der Waals surface area contributed by atoms with E-state index in [1.807, 2.05) is 6.92 Å². The molecular weight excluding hydrogens is 286 g/mol. The zero-order valence-electron chi connectivity index (χ0n) is 12.6. The van der Waals surface area contributed by atoms with Crippen LogP contribution in [-0.2, 0) is 6.54 Å². The van der Waals surface area contributed by atoms with Gasteiger partial charge in [-0.3, -0.25) is 4.79 Å². The number of carboxylic acid groups (broad SMARTS) is 1. The van der Waals surface area contributed by atoms with Crippen LogP contribution in [-0.4, -0.2) is 29.9 Å². The number of aromatic nitrogens is 1. The Balaban J connectivity index is 2.64. The van der Waals surface area contributed by atoms with E-state index in [0.717, 1.165) is 5.56 Å². The van der Waals surface area contributed by atoms with Gasteiger partial charge in [-0.15, -0.1) is 0 Å². The lowest BCUT2D eigenvalue weighted by Crippen LogP contribution is -2.18. The largest absolute Gasteiger partial charge is 0.493 e. The van der Waals surface area contributed by atoms with Crippen LogP contribution in [0.4, 0.5) is 0 Å². The zero-order chi connectivity index (χ0) is 16.3. The topological polar surface area (TPSA) is 77.8 Å². The van der Waals surface area contributed by atoms with Gasteiger partial charge < -0.3 is 19.1 Å². The molecule has 6 heteroatoms. The molecule has 1 heterocycles. The predicted octanol–water partition coefficient (Wildman–Crippen LogP) is 2.25. The molecule has 0 bridgehead atoms. The van der Waals surface area contributed by atoms with Crippen LogP contribution >= 0.6 is 0 Å². The van der Waals surface area contributed by atoms with E-state index in [-0.39, 0.29) is 5.56 Å². The Morgan fingerprint density at radius 3 is 2.41 bits per heavy atom. The van der Waals surface area contributed by atoms with Gasteiger partial charge in [0, 0.05) is 24.4 Å². The standard InChI is InChI=1S/C16H17NO5/c1-4-17-9-11(16(19)20)13(18)8-12(17)10-5-6-14(21-2)15(7-10)22-3/h5-9H,4H2,1-3H3,(H,19,20). The third-order valence-electron chi connectivity index (χ3n) is 3.38. The minimum absolute atomic E-state index is 0.244. The van der Waals surface area contributed by atoms with Gasteiger partial charge in [0.05, 0.1) is 19.9 Å². The van der Waals surface area contributed by atoms with Crippen molar-refractivity contribution in [3.05, 3.63) is 46.2 Å². The highest BCUT2D eigenvalue weighted by atomic mass is 16.5. The fourth-order valence-electron chi connectivity index (χ4n) is 2.24. The van der Waals surface area contributed by atoms with Crippen LogP contribution in [0.1, 0.15) is 17.3 Å². The fourth-order valence-corrected chi connectivity index (χ4v) is 2.24. The number of carboxylic acids is 1. The molecule has 116 valence electrons. The number of benzene rings is 1. The first-order valence-electron chi connectivity index (χ1n) is 6.72. The van der Waals surface area contributed by atoms with E-state index in [2.05, 4.69) is 0 Å². The third-order valence-corrected chi connectivity index (χ3v) is 3.38. The van der Waals surface area contributed by atoms with Crippen molar-refractivity contribution in [1.29, 1.82) is 0 Å². The summed E-state index contributed by atoms with van der Waals surface area (Å²) in [6.45, 7) is 2.41. The highest BCUT2D eigenvalue weighted by Crippen LogP contribution is 2.32. The molecule has 0 aliphatic rings. The molecule has 0 aliphatic carbocycles. The van der Waals surface area contributed by atoms with Gasteiger partial charge in [-0.1, -0.05) is 0 Å². The molecule has 0 amide bonds. The van der Waals surface area contributed by atoms with Gasteiger partial charge in [0.1, 0.15) is 5.56 Å². The van der Waals surface area contributed by atoms with Crippen LogP contribution < -0.4 is 14.9 Å². The molecule has 0 aliphatic heterocycles. The number of aromatic carboxylic acids is 1. The molecule has 1 aromatic heterocycles. The number of aryl methyl sites for hydroxylation is 1. The van der Waals surface area contributed by atoms with E-state index in [0.29, 0.717) is 23.7 Å². The molecule has 2 aromatic rings. The molecule has 0 fully saturated rings. The van der Waals surface area contributed by atoms with E-state index in [9.17, 15) is 9.59 Å². The molecule has 0 atom stereocenters. The van der Waals surface area contributed by atoms with Crippen LogP contribution in [0.15, 0.2) is 35.3 Å². The second kappa shape index (κ2) is 6.34. The van der Waals surface area contributed by atoms with E-state index < -0.39 is 11.4 Å². The second-order valence-electron chi connectivity index (χ2n) is 4.60. The smallest absolute Gasteiger partial charge is 0.341 e. The van der Waals surface area contributed by atoms with Gasteiger partial charge in [-0.25, -0.2) is 4.79 Å². The number of carbonyl (C=O) groups is 1. The van der Waals surface area contributed by atoms with Gasteiger partial charge in [-0.05, 0) is 25.1 Å². The number of hydrogen-bond donors (Lipinski definition) is 1. The van der Waals surface area contributed by atoms with E-state index in [1.165, 1.54) is 19.4 Å². The van der Waals surface area contributed by atoms with Crippen LogP contribution in [0.2, 0.25) is 0 Å². The monoisotopic (exact) mass is 303 g/mol. The molecule has 6 nitrogen and oxygen atoms in total. The minimum atomic E-state index is -1.23. The first kappa shape index (κ1) is 15.6. The second-order valence-corrected chi connectivity index (χ2v) is 4.60. The van der Waals surface area contributed by atoms with Crippen molar-refractivity contribution < 1.29 is 19.4 Å². The van der Waals surface area contributed by atoms with Crippen molar-refractivity contribution in [3.8, 4) is 22.8 Å². The van der Waals surface area contributed by atoms with E-state index >= 15 is 0 Å². The van der Waals surface area contributed by atoms with Crippen molar-refractivity contribution in [2.24, 2.45) is 0 Å². The zero-order valence-corrected chi connectivity index (χ0v) is 12.6. The summed E-state index contributed by atoms with van der Waals surface area (Å²) in [7, 11) is 3.07. The first-order chi connectivity index (χ1) is 10.5. The van der Waals surface area contributed by atoms with Gasteiger partial charge in [-0.2, -0.15) is 0 Å². The molecule has 2 rings (SSSR count). The molecule has 0 unspecified atom stereocenters. The SMILES string of the molecule is CCn1cc(C(=O)O)c(=O)cc1-c1ccc(OC)c(OC)c1. The highest BCUT2D eigenvalue weighted by Gasteiger charge is 2.14. The van der Waals surface area contributed by atoms with Gasteiger partial charge in [0.25, 0.3) is 0 Å². The predicted molar refractivity (Wildman–Crippen MR) is 81.9 cm³/mol. The number of ether oxygens (including phenoxy) is 2. The number of methoxy groups -OCH3 is 2. The lowest BCUT2D eigenvalue weighted by molar-refractivity contribution is 0.0694. The Hall–Kier alpha value is -2.76. The van der Waals surface area contributed by atoms with Crippen LogP contribution in [0.5, 0.6) is 11.5 Å². The van der Waals surface area contributed by atoms with E-state index in [1.54, 1.807) is 29.9 Å². The average Bonchev–Trinajstić information content (AvgIpc) is 2.53. The molecule has 0 spiro atoms. The third kappa shape index (κ3) is 2.81. The molecule has 0 saturated carbocycles. The number of pyridine rings is 1. The maximum Gasteiger partial charge on any atom is 0.341 e. The minimum Gasteiger partial charge on any atom is -0.493 e. The van der Waals surface area contributed by atoms with E-state index in [4.69, 9.17) is 14.6 Å². The van der Waals surface area contributed by atoms with Crippen molar-refractivity contribution in [2.45, 2.75) is 13.5 Å². The molecule has 0 radical (unpaired) electrons. The normalized spacial score (nSPS) is 10.3. The molecule has 0 saturated heterocycles. The van der Waals surface area contributed by atoms with Crippen molar-refractivity contribution in [1.82, 2.24) is 4.57 Å². The van der Waals surface area contributed by atoms with Crippen LogP contribution in [0, 0.1) is 0 Å². The number of nitrogens with zero attached hydrogens (tertiary/aromatic N) is 1. The Kier molecular flexibility index (Phi) is 4.50. The number of rotatable bonds is 5. The van der Waals surface area contributed by atoms with Gasteiger partial charge in [0.2, 0.25) is 0 Å². The Morgan fingerprint density at radius 1 is 1.18 bits per heavy atom. The van der Waals surface area contributed by atoms with Gasteiger partial charge in [0.15, 0.2) is 16.9 Å².